The molecular formula is C24H26Cl2N2O4. The predicted molar refractivity (Wildman–Crippen MR) is 131 cm³/mol. The number of methoxy groups -OCH3 is 3. The summed E-state index contributed by atoms with van der Waals surface area (Å²) >= 11 is 0. The molecule has 0 unspecified atom stereocenters. The maximum Gasteiger partial charge on any atom is 0.215 e. The molecule has 0 aliphatic heterocycles. The number of halogens is 2. The molecule has 0 radical (unpaired) electrons. The number of ether oxygens (including phenoxy) is 3. The Morgan fingerprint density at radius 2 is 1.56 bits per heavy atom. The minimum absolute atomic E-state index is 0. The van der Waals surface area contributed by atoms with E-state index in [1.54, 1.807) is 21.3 Å². The van der Waals surface area contributed by atoms with Crippen LogP contribution in [0.4, 0.5) is 0 Å². The largest absolute Gasteiger partial charge is 0.497 e. The van der Waals surface area contributed by atoms with Gasteiger partial charge in [-0.3, -0.25) is 4.98 Å². The lowest BCUT2D eigenvalue weighted by Crippen LogP contribution is -2.00. The van der Waals surface area contributed by atoms with Gasteiger partial charge in [-0.25, -0.2) is 4.98 Å². The second-order valence-electron chi connectivity index (χ2n) is 7.05. The first-order valence-electron chi connectivity index (χ1n) is 9.77. The lowest BCUT2D eigenvalue weighted by atomic mass is 9.97. The Hall–Kier alpha value is -2.96. The van der Waals surface area contributed by atoms with Crippen molar-refractivity contribution in [2.75, 3.05) is 21.3 Å². The predicted octanol–water partition coefficient (Wildman–Crippen LogP) is 5.51. The molecule has 0 bridgehead atoms. The number of fused-ring (bicyclic) bond motifs is 2. The summed E-state index contributed by atoms with van der Waals surface area (Å²) in [6.45, 7) is 2.01. The van der Waals surface area contributed by atoms with Crippen LogP contribution >= 0.6 is 24.8 Å². The zero-order valence-electron chi connectivity index (χ0n) is 18.3. The molecule has 0 amide bonds. The number of aryl methyl sites for hydroxylation is 1. The SMILES string of the molecule is CCc1nc(O)c(Cc2cnc3ccc(OC)cc3c2)c2cc(OC)c(OC)cc12.Cl.Cl. The third kappa shape index (κ3) is 4.61. The zero-order valence-corrected chi connectivity index (χ0v) is 20.0. The van der Waals surface area contributed by atoms with Gasteiger partial charge in [0.1, 0.15) is 5.75 Å². The van der Waals surface area contributed by atoms with Crippen LogP contribution in [-0.2, 0) is 12.8 Å². The molecule has 32 heavy (non-hydrogen) atoms. The number of hydrogen-bond acceptors (Lipinski definition) is 6. The number of aromatic nitrogens is 2. The smallest absolute Gasteiger partial charge is 0.215 e. The topological polar surface area (TPSA) is 73.7 Å². The van der Waals surface area contributed by atoms with Crippen LogP contribution in [0.1, 0.15) is 23.7 Å². The normalized spacial score (nSPS) is 10.4. The fraction of sp³-hybridized carbons (Fsp3) is 0.250. The van der Waals surface area contributed by atoms with Crippen molar-refractivity contribution < 1.29 is 19.3 Å². The number of pyridine rings is 2. The highest BCUT2D eigenvalue weighted by Crippen LogP contribution is 2.38. The Bertz CT molecular complexity index is 1250. The van der Waals surface area contributed by atoms with Crippen LogP contribution in [0.3, 0.4) is 0 Å². The van der Waals surface area contributed by atoms with Gasteiger partial charge in [-0.1, -0.05) is 6.92 Å². The van der Waals surface area contributed by atoms with Gasteiger partial charge < -0.3 is 19.3 Å². The molecule has 2 aromatic carbocycles. The van der Waals surface area contributed by atoms with Crippen LogP contribution in [-0.4, -0.2) is 36.4 Å². The second-order valence-corrected chi connectivity index (χ2v) is 7.05. The molecule has 6 nitrogen and oxygen atoms in total. The number of hydrogen-bond donors (Lipinski definition) is 1. The highest BCUT2D eigenvalue weighted by Gasteiger charge is 2.17. The highest BCUT2D eigenvalue weighted by molar-refractivity contribution is 5.92. The molecule has 0 fully saturated rings. The van der Waals surface area contributed by atoms with E-state index in [-0.39, 0.29) is 30.7 Å². The molecule has 2 aromatic heterocycles. The van der Waals surface area contributed by atoms with Crippen LogP contribution in [0.2, 0.25) is 0 Å². The maximum atomic E-state index is 10.7. The van der Waals surface area contributed by atoms with E-state index in [9.17, 15) is 5.11 Å². The summed E-state index contributed by atoms with van der Waals surface area (Å²) in [5.41, 5.74) is 3.40. The fourth-order valence-electron chi connectivity index (χ4n) is 3.77. The lowest BCUT2D eigenvalue weighted by molar-refractivity contribution is 0.355. The van der Waals surface area contributed by atoms with Crippen LogP contribution < -0.4 is 14.2 Å². The summed E-state index contributed by atoms with van der Waals surface area (Å²) in [4.78, 5) is 9.01. The molecule has 1 N–H and O–H groups in total. The zero-order chi connectivity index (χ0) is 21.3. The van der Waals surface area contributed by atoms with Crippen molar-refractivity contribution in [2.24, 2.45) is 0 Å². The van der Waals surface area contributed by atoms with Crippen molar-refractivity contribution in [3.63, 3.8) is 0 Å². The average Bonchev–Trinajstić information content (AvgIpc) is 2.79. The standard InChI is InChI=1S/C24H24N2O4.2ClH/c1-5-20-18-12-23(30-4)22(29-3)11-17(18)19(24(27)26-20)9-14-8-15-10-16(28-2)6-7-21(15)25-13-14;;/h6-8,10-13H,5,9H2,1-4H3,(H,26,27);2*1H. The van der Waals surface area contributed by atoms with Crippen LogP contribution in [0.25, 0.3) is 21.7 Å². The van der Waals surface area contributed by atoms with E-state index in [1.165, 1.54) is 0 Å². The summed E-state index contributed by atoms with van der Waals surface area (Å²) < 4.78 is 16.3. The molecule has 0 saturated heterocycles. The van der Waals surface area contributed by atoms with Crippen molar-refractivity contribution in [3.8, 4) is 23.1 Å². The third-order valence-corrected chi connectivity index (χ3v) is 5.33. The molecule has 4 aromatic rings. The number of nitrogens with zero attached hydrogens (tertiary/aromatic N) is 2. The number of aromatic hydroxyl groups is 1. The van der Waals surface area contributed by atoms with Gasteiger partial charge in [0, 0.05) is 29.0 Å². The third-order valence-electron chi connectivity index (χ3n) is 5.33. The maximum absolute atomic E-state index is 10.7. The minimum Gasteiger partial charge on any atom is -0.497 e. The average molecular weight is 477 g/mol. The molecule has 0 aliphatic carbocycles. The van der Waals surface area contributed by atoms with Gasteiger partial charge in [0.15, 0.2) is 11.5 Å². The first-order chi connectivity index (χ1) is 14.6. The van der Waals surface area contributed by atoms with Crippen molar-refractivity contribution in [2.45, 2.75) is 19.8 Å². The number of rotatable bonds is 6. The second kappa shape index (κ2) is 10.6. The summed E-state index contributed by atoms with van der Waals surface area (Å²) in [5.74, 6) is 2.05. The van der Waals surface area contributed by atoms with E-state index >= 15 is 0 Å². The van der Waals surface area contributed by atoms with E-state index in [2.05, 4.69) is 16.0 Å². The van der Waals surface area contributed by atoms with Crippen molar-refractivity contribution >= 4 is 46.5 Å². The molecular weight excluding hydrogens is 451 g/mol. The lowest BCUT2D eigenvalue weighted by Gasteiger charge is -2.15. The van der Waals surface area contributed by atoms with E-state index < -0.39 is 0 Å². The summed E-state index contributed by atoms with van der Waals surface area (Å²) in [5, 5.41) is 13.6. The molecule has 170 valence electrons. The Morgan fingerprint density at radius 1 is 0.875 bits per heavy atom. The van der Waals surface area contributed by atoms with Gasteiger partial charge in [0.25, 0.3) is 0 Å². The highest BCUT2D eigenvalue weighted by atomic mass is 35.5. The molecule has 0 aliphatic rings. The van der Waals surface area contributed by atoms with Crippen molar-refractivity contribution in [1.82, 2.24) is 9.97 Å². The van der Waals surface area contributed by atoms with Gasteiger partial charge in [0.05, 0.1) is 32.5 Å². The van der Waals surface area contributed by atoms with E-state index in [1.807, 2.05) is 43.5 Å². The monoisotopic (exact) mass is 476 g/mol. The molecule has 8 heteroatoms. The number of benzene rings is 2. The van der Waals surface area contributed by atoms with Gasteiger partial charge in [-0.2, -0.15) is 0 Å². The first kappa shape index (κ1) is 25.3. The van der Waals surface area contributed by atoms with Gasteiger partial charge in [-0.15, -0.1) is 24.8 Å². The van der Waals surface area contributed by atoms with E-state index in [4.69, 9.17) is 14.2 Å². The fourth-order valence-corrected chi connectivity index (χ4v) is 3.77. The minimum atomic E-state index is 0. The van der Waals surface area contributed by atoms with Crippen LogP contribution in [0, 0.1) is 0 Å². The van der Waals surface area contributed by atoms with E-state index in [0.29, 0.717) is 24.3 Å². The molecule has 4 rings (SSSR count). The van der Waals surface area contributed by atoms with Crippen molar-refractivity contribution in [1.29, 1.82) is 0 Å². The summed E-state index contributed by atoms with van der Waals surface area (Å²) in [6, 6.07) is 11.7. The van der Waals surface area contributed by atoms with Gasteiger partial charge in [0.2, 0.25) is 5.88 Å². The Kier molecular flexibility index (Phi) is 8.36. The Balaban J connectivity index is 0.00000181. The van der Waals surface area contributed by atoms with Gasteiger partial charge in [-0.05, 0) is 53.8 Å². The van der Waals surface area contributed by atoms with E-state index in [0.717, 1.165) is 44.2 Å². The van der Waals surface area contributed by atoms with Crippen LogP contribution in [0.5, 0.6) is 23.1 Å². The van der Waals surface area contributed by atoms with Crippen molar-refractivity contribution in [3.05, 3.63) is 59.4 Å². The molecule has 2 heterocycles. The van der Waals surface area contributed by atoms with Crippen LogP contribution in [0.15, 0.2) is 42.6 Å². The Morgan fingerprint density at radius 3 is 2.19 bits per heavy atom. The molecule has 0 atom stereocenters. The quantitative estimate of drug-likeness (QED) is 0.395. The summed E-state index contributed by atoms with van der Waals surface area (Å²) in [7, 11) is 4.86. The molecule has 0 spiro atoms. The first-order valence-corrected chi connectivity index (χ1v) is 9.77. The Labute approximate surface area is 199 Å². The molecule has 0 saturated carbocycles. The summed E-state index contributed by atoms with van der Waals surface area (Å²) in [6.07, 6.45) is 3.00. The van der Waals surface area contributed by atoms with Gasteiger partial charge >= 0.3 is 0 Å².